The average molecular weight is 468 g/mol. The van der Waals surface area contributed by atoms with Crippen molar-refractivity contribution < 1.29 is 9.59 Å². The van der Waals surface area contributed by atoms with Gasteiger partial charge in [-0.2, -0.15) is 0 Å². The number of pyridine rings is 1. The van der Waals surface area contributed by atoms with Crippen LogP contribution in [-0.4, -0.2) is 52.9 Å². The number of carbonyl (C=O) groups excluding carboxylic acids is 2. The fourth-order valence-corrected chi connectivity index (χ4v) is 6.37. The lowest BCUT2D eigenvalue weighted by Gasteiger charge is -2.23. The summed E-state index contributed by atoms with van der Waals surface area (Å²) in [6.45, 7) is 3.02. The van der Waals surface area contributed by atoms with Crippen molar-refractivity contribution in [2.45, 2.75) is 32.1 Å². The van der Waals surface area contributed by atoms with E-state index in [1.807, 2.05) is 16.5 Å². The molecule has 1 aliphatic heterocycles. The molecule has 7 nitrogen and oxygen atoms in total. The number of carbonyl (C=O) groups is 2. The zero-order valence-corrected chi connectivity index (χ0v) is 19.4. The number of anilines is 2. The summed E-state index contributed by atoms with van der Waals surface area (Å²) in [6, 6.07) is 3.48. The van der Waals surface area contributed by atoms with Crippen molar-refractivity contribution in [2.24, 2.45) is 0 Å². The number of thiophene rings is 1. The lowest BCUT2D eigenvalue weighted by molar-refractivity contribution is 0.0767. The van der Waals surface area contributed by atoms with Crippen LogP contribution in [0.25, 0.3) is 0 Å². The fourth-order valence-electron chi connectivity index (χ4n) is 4.39. The Bertz CT molecular complexity index is 1100. The van der Waals surface area contributed by atoms with Crippen LogP contribution < -0.4 is 10.2 Å². The molecule has 9 heteroatoms. The maximum Gasteiger partial charge on any atom is 0.257 e. The number of fused-ring (bicyclic) bond motifs is 1. The second kappa shape index (κ2) is 9.38. The van der Waals surface area contributed by atoms with Gasteiger partial charge in [0, 0.05) is 55.0 Å². The van der Waals surface area contributed by atoms with Crippen LogP contribution in [0.15, 0.2) is 36.1 Å². The standard InChI is InChI=1S/C23H25N5O2S2/c29-20(16-5-3-8-24-15-16)26-21-19(17-6-1-2-7-18(17)32-21)22(30)27-10-4-11-28(13-12-27)23-25-9-14-31-23/h3,5,8-9,14-15H,1-2,4,6-7,10-13H2,(H,26,29). The molecule has 0 saturated carbocycles. The molecule has 1 fully saturated rings. The molecular weight excluding hydrogens is 442 g/mol. The first-order valence-electron chi connectivity index (χ1n) is 11.0. The van der Waals surface area contributed by atoms with E-state index in [9.17, 15) is 9.59 Å². The van der Waals surface area contributed by atoms with E-state index in [1.165, 1.54) is 4.88 Å². The molecule has 3 aromatic rings. The maximum atomic E-state index is 13.8. The highest BCUT2D eigenvalue weighted by atomic mass is 32.1. The summed E-state index contributed by atoms with van der Waals surface area (Å²) < 4.78 is 0. The Labute approximate surface area is 195 Å². The zero-order valence-electron chi connectivity index (χ0n) is 17.7. The van der Waals surface area contributed by atoms with Crippen LogP contribution in [0.5, 0.6) is 0 Å². The zero-order chi connectivity index (χ0) is 21.9. The van der Waals surface area contributed by atoms with Crippen LogP contribution in [0.2, 0.25) is 0 Å². The number of nitrogens with one attached hydrogen (secondary N) is 1. The van der Waals surface area contributed by atoms with E-state index in [0.717, 1.165) is 55.9 Å². The van der Waals surface area contributed by atoms with Gasteiger partial charge >= 0.3 is 0 Å². The lowest BCUT2D eigenvalue weighted by Crippen LogP contribution is -2.36. The molecule has 0 atom stereocenters. The minimum Gasteiger partial charge on any atom is -0.346 e. The van der Waals surface area contributed by atoms with Crippen molar-refractivity contribution in [3.63, 3.8) is 0 Å². The van der Waals surface area contributed by atoms with E-state index in [1.54, 1.807) is 47.2 Å². The summed E-state index contributed by atoms with van der Waals surface area (Å²) >= 11 is 3.19. The Hall–Kier alpha value is -2.78. The molecule has 166 valence electrons. The number of thiazole rings is 1. The Morgan fingerprint density at radius 3 is 2.75 bits per heavy atom. The van der Waals surface area contributed by atoms with Crippen LogP contribution >= 0.6 is 22.7 Å². The Kier molecular flexibility index (Phi) is 6.18. The second-order valence-corrected chi connectivity index (χ2v) is 10.0. The van der Waals surface area contributed by atoms with Gasteiger partial charge in [-0.3, -0.25) is 14.6 Å². The Balaban J connectivity index is 1.40. The first-order chi connectivity index (χ1) is 15.7. The number of rotatable bonds is 4. The number of hydrogen-bond donors (Lipinski definition) is 1. The molecule has 0 spiro atoms. The van der Waals surface area contributed by atoms with Crippen LogP contribution in [0.3, 0.4) is 0 Å². The highest BCUT2D eigenvalue weighted by molar-refractivity contribution is 7.17. The molecule has 1 aliphatic carbocycles. The summed E-state index contributed by atoms with van der Waals surface area (Å²) in [5.41, 5.74) is 2.32. The normalized spacial score (nSPS) is 16.4. The average Bonchev–Trinajstić information content (AvgIpc) is 3.41. The number of hydrogen-bond acceptors (Lipinski definition) is 7. The summed E-state index contributed by atoms with van der Waals surface area (Å²) in [4.78, 5) is 40.5. The largest absolute Gasteiger partial charge is 0.346 e. The summed E-state index contributed by atoms with van der Waals surface area (Å²) in [6.07, 6.45) is 9.99. The monoisotopic (exact) mass is 467 g/mol. The summed E-state index contributed by atoms with van der Waals surface area (Å²) in [7, 11) is 0. The van der Waals surface area contributed by atoms with Gasteiger partial charge in [0.15, 0.2) is 5.13 Å². The van der Waals surface area contributed by atoms with Crippen molar-refractivity contribution in [1.29, 1.82) is 0 Å². The van der Waals surface area contributed by atoms with Crippen molar-refractivity contribution in [2.75, 3.05) is 36.4 Å². The highest BCUT2D eigenvalue weighted by Gasteiger charge is 2.30. The SMILES string of the molecule is O=C(Nc1sc2c(c1C(=O)N1CCCN(c3nccs3)CC1)CCCC2)c1cccnc1. The third-order valence-corrected chi connectivity index (χ3v) is 8.05. The molecule has 3 aromatic heterocycles. The van der Waals surface area contributed by atoms with Gasteiger partial charge in [-0.15, -0.1) is 22.7 Å². The first-order valence-corrected chi connectivity index (χ1v) is 12.7. The molecule has 2 aliphatic rings. The second-order valence-electron chi connectivity index (χ2n) is 8.06. The smallest absolute Gasteiger partial charge is 0.257 e. The predicted molar refractivity (Wildman–Crippen MR) is 128 cm³/mol. The van der Waals surface area contributed by atoms with Crippen molar-refractivity contribution in [1.82, 2.24) is 14.9 Å². The number of nitrogens with zero attached hydrogens (tertiary/aromatic N) is 4. The van der Waals surface area contributed by atoms with Gasteiger partial charge in [-0.1, -0.05) is 0 Å². The summed E-state index contributed by atoms with van der Waals surface area (Å²) in [5.74, 6) is -0.191. The maximum absolute atomic E-state index is 13.8. The molecular formula is C23H25N5O2S2. The molecule has 0 aromatic carbocycles. The van der Waals surface area contributed by atoms with Crippen LogP contribution in [0, 0.1) is 0 Å². The molecule has 4 heterocycles. The topological polar surface area (TPSA) is 78.4 Å². The molecule has 1 saturated heterocycles. The van der Waals surface area contributed by atoms with Crippen LogP contribution in [0.1, 0.15) is 50.4 Å². The van der Waals surface area contributed by atoms with Crippen LogP contribution in [-0.2, 0) is 12.8 Å². The van der Waals surface area contributed by atoms with Gasteiger partial charge in [0.2, 0.25) is 0 Å². The molecule has 0 unspecified atom stereocenters. The highest BCUT2D eigenvalue weighted by Crippen LogP contribution is 2.39. The van der Waals surface area contributed by atoms with Gasteiger partial charge < -0.3 is 15.1 Å². The van der Waals surface area contributed by atoms with E-state index in [2.05, 4.69) is 20.2 Å². The third kappa shape index (κ3) is 4.27. The van der Waals surface area contributed by atoms with Crippen LogP contribution in [0.4, 0.5) is 10.1 Å². The molecule has 1 N–H and O–H groups in total. The lowest BCUT2D eigenvalue weighted by atomic mass is 9.95. The number of amides is 2. The predicted octanol–water partition coefficient (Wildman–Crippen LogP) is 4.08. The van der Waals surface area contributed by atoms with E-state index < -0.39 is 0 Å². The molecule has 2 amide bonds. The van der Waals surface area contributed by atoms with E-state index >= 15 is 0 Å². The van der Waals surface area contributed by atoms with Crippen molar-refractivity contribution in [3.05, 3.63) is 57.7 Å². The van der Waals surface area contributed by atoms with Gasteiger partial charge in [0.05, 0.1) is 11.1 Å². The fraction of sp³-hybridized carbons (Fsp3) is 0.391. The number of aryl methyl sites for hydroxylation is 1. The van der Waals surface area contributed by atoms with Gasteiger partial charge in [0.25, 0.3) is 11.8 Å². The van der Waals surface area contributed by atoms with Crippen molar-refractivity contribution >= 4 is 44.6 Å². The molecule has 0 radical (unpaired) electrons. The van der Waals surface area contributed by atoms with Gasteiger partial charge in [0.1, 0.15) is 5.00 Å². The molecule has 32 heavy (non-hydrogen) atoms. The first kappa shape index (κ1) is 21.1. The van der Waals surface area contributed by atoms with E-state index in [0.29, 0.717) is 29.2 Å². The van der Waals surface area contributed by atoms with Crippen molar-refractivity contribution in [3.8, 4) is 0 Å². The third-order valence-electron chi connectivity index (χ3n) is 6.01. The summed E-state index contributed by atoms with van der Waals surface area (Å²) in [5, 5.41) is 6.70. The quantitative estimate of drug-likeness (QED) is 0.625. The minimum atomic E-state index is -0.225. The Morgan fingerprint density at radius 2 is 1.94 bits per heavy atom. The van der Waals surface area contributed by atoms with Gasteiger partial charge in [-0.05, 0) is 49.8 Å². The molecule has 5 rings (SSSR count). The minimum absolute atomic E-state index is 0.0341. The number of aromatic nitrogens is 2. The Morgan fingerprint density at radius 1 is 1.03 bits per heavy atom. The van der Waals surface area contributed by atoms with Gasteiger partial charge in [-0.25, -0.2) is 4.98 Å². The molecule has 0 bridgehead atoms. The van der Waals surface area contributed by atoms with E-state index in [4.69, 9.17) is 0 Å². The van der Waals surface area contributed by atoms with E-state index in [-0.39, 0.29) is 11.8 Å².